The number of aromatic nitrogens is 2. The van der Waals surface area contributed by atoms with Crippen LogP contribution in [0.4, 0.5) is 0 Å². The van der Waals surface area contributed by atoms with E-state index in [0.29, 0.717) is 6.42 Å². The number of benzene rings is 1. The highest BCUT2D eigenvalue weighted by molar-refractivity contribution is 7.53. The van der Waals surface area contributed by atoms with Gasteiger partial charge in [0, 0.05) is 36.4 Å². The Bertz CT molecular complexity index is 1190. The molecule has 2 N–H and O–H groups in total. The SMILES string of the molecule is Cc1cc(C)cc(-[n+]2ccc(-c3cc[n+](CC4(P(=O)(O)O)C=CC=CC4)cc3)cc2)c1.[Cl-].[Cl-]. The van der Waals surface area contributed by atoms with Crippen molar-refractivity contribution in [3.63, 3.8) is 0 Å². The van der Waals surface area contributed by atoms with Gasteiger partial charge in [0.25, 0.3) is 0 Å². The Hall–Kier alpha value is -2.27. The number of hydrogen-bond acceptors (Lipinski definition) is 1. The molecule has 2 heterocycles. The molecule has 33 heavy (non-hydrogen) atoms. The number of hydrogen-bond donors (Lipinski definition) is 2. The minimum Gasteiger partial charge on any atom is -1.00 e. The number of rotatable bonds is 5. The van der Waals surface area contributed by atoms with Crippen LogP contribution >= 0.6 is 7.60 Å². The summed E-state index contributed by atoms with van der Waals surface area (Å²) < 4.78 is 16.1. The molecule has 0 saturated carbocycles. The molecule has 3 aromatic rings. The lowest BCUT2D eigenvalue weighted by molar-refractivity contribution is -0.699. The van der Waals surface area contributed by atoms with Gasteiger partial charge in [0.2, 0.25) is 5.69 Å². The monoisotopic (exact) mass is 504 g/mol. The van der Waals surface area contributed by atoms with Crippen molar-refractivity contribution < 1.29 is 48.3 Å². The molecule has 174 valence electrons. The van der Waals surface area contributed by atoms with E-state index in [2.05, 4.69) is 48.7 Å². The molecule has 8 heteroatoms. The summed E-state index contributed by atoms with van der Waals surface area (Å²) in [6, 6.07) is 14.6. The molecule has 0 bridgehead atoms. The summed E-state index contributed by atoms with van der Waals surface area (Å²) in [5.41, 5.74) is 5.73. The maximum atomic E-state index is 12.2. The van der Waals surface area contributed by atoms with Gasteiger partial charge in [-0.2, -0.15) is 4.57 Å². The molecule has 0 amide bonds. The average Bonchev–Trinajstić information content (AvgIpc) is 2.74. The van der Waals surface area contributed by atoms with Crippen LogP contribution in [0.1, 0.15) is 17.5 Å². The highest BCUT2D eigenvalue weighted by Crippen LogP contribution is 2.54. The summed E-state index contributed by atoms with van der Waals surface area (Å²) in [5, 5.41) is -1.20. The molecule has 1 aromatic carbocycles. The highest BCUT2D eigenvalue weighted by atomic mass is 35.5. The fraction of sp³-hybridized carbons (Fsp3) is 0.200. The van der Waals surface area contributed by atoms with E-state index in [-0.39, 0.29) is 31.4 Å². The second kappa shape index (κ2) is 10.8. The first kappa shape index (κ1) is 27.0. The average molecular weight is 505 g/mol. The molecule has 0 spiro atoms. The molecule has 0 aliphatic heterocycles. The Morgan fingerprint density at radius 3 is 1.91 bits per heavy atom. The summed E-state index contributed by atoms with van der Waals surface area (Å²) in [5.74, 6) is 0. The molecule has 1 aliphatic rings. The zero-order valence-electron chi connectivity index (χ0n) is 18.5. The van der Waals surface area contributed by atoms with Gasteiger partial charge in [-0.15, -0.1) is 0 Å². The molecule has 4 rings (SSSR count). The number of aryl methyl sites for hydroxylation is 2. The van der Waals surface area contributed by atoms with E-state index in [1.54, 1.807) is 12.2 Å². The Balaban J connectivity index is 0.00000193. The fourth-order valence-electron chi connectivity index (χ4n) is 4.04. The van der Waals surface area contributed by atoms with Crippen molar-refractivity contribution in [2.75, 3.05) is 0 Å². The largest absolute Gasteiger partial charge is 1.00 e. The minimum atomic E-state index is -4.31. The van der Waals surface area contributed by atoms with Crippen LogP contribution in [0.5, 0.6) is 0 Å². The molecule has 5 nitrogen and oxygen atoms in total. The highest BCUT2D eigenvalue weighted by Gasteiger charge is 2.48. The van der Waals surface area contributed by atoms with Gasteiger partial charge in [0.15, 0.2) is 36.5 Å². The molecule has 0 saturated heterocycles. The van der Waals surface area contributed by atoms with Gasteiger partial charge in [-0.3, -0.25) is 4.57 Å². The van der Waals surface area contributed by atoms with E-state index in [1.165, 1.54) is 11.1 Å². The summed E-state index contributed by atoms with van der Waals surface area (Å²) >= 11 is 0. The number of nitrogens with zero attached hydrogens (tertiary/aromatic N) is 2. The maximum absolute atomic E-state index is 12.2. The van der Waals surface area contributed by atoms with Gasteiger partial charge in [-0.25, -0.2) is 4.57 Å². The summed E-state index contributed by atoms with van der Waals surface area (Å²) in [6.07, 6.45) is 15.2. The quantitative estimate of drug-likeness (QED) is 0.311. The topological polar surface area (TPSA) is 65.3 Å². The Morgan fingerprint density at radius 2 is 1.42 bits per heavy atom. The molecule has 2 aromatic heterocycles. The van der Waals surface area contributed by atoms with E-state index in [0.717, 1.165) is 16.8 Å². The molecular weight excluding hydrogens is 478 g/mol. The first-order valence-electron chi connectivity index (χ1n) is 10.3. The molecule has 1 unspecified atom stereocenters. The van der Waals surface area contributed by atoms with Crippen LogP contribution < -0.4 is 33.9 Å². The number of pyridine rings is 2. The number of allylic oxidation sites excluding steroid dienone is 4. The summed E-state index contributed by atoms with van der Waals surface area (Å²) in [6.45, 7) is 4.42. The van der Waals surface area contributed by atoms with Crippen molar-refractivity contribution in [1.29, 1.82) is 0 Å². The fourth-order valence-corrected chi connectivity index (χ4v) is 5.01. The van der Waals surface area contributed by atoms with Crippen LogP contribution in [0.15, 0.2) is 91.6 Å². The van der Waals surface area contributed by atoms with Crippen molar-refractivity contribution >= 4 is 7.60 Å². The Labute approximate surface area is 207 Å². The third-order valence-corrected chi connectivity index (χ3v) is 7.35. The van der Waals surface area contributed by atoms with Crippen LogP contribution in [-0.4, -0.2) is 14.9 Å². The van der Waals surface area contributed by atoms with E-state index in [4.69, 9.17) is 0 Å². The van der Waals surface area contributed by atoms with Gasteiger partial charge in [0.1, 0.15) is 0 Å². The minimum absolute atomic E-state index is 0. The van der Waals surface area contributed by atoms with E-state index in [9.17, 15) is 14.4 Å². The second-order valence-electron chi connectivity index (χ2n) is 8.24. The van der Waals surface area contributed by atoms with Gasteiger partial charge in [0.05, 0.1) is 0 Å². The van der Waals surface area contributed by atoms with Gasteiger partial charge in [-0.1, -0.05) is 30.4 Å². The smallest absolute Gasteiger partial charge is 0.342 e. The zero-order chi connectivity index (χ0) is 22.1. The van der Waals surface area contributed by atoms with Gasteiger partial charge >= 0.3 is 7.60 Å². The normalized spacial score (nSPS) is 17.2. The Morgan fingerprint density at radius 1 is 0.879 bits per heavy atom. The van der Waals surface area contributed by atoms with Crippen molar-refractivity contribution in [2.45, 2.75) is 32.0 Å². The third-order valence-electron chi connectivity index (χ3n) is 5.72. The van der Waals surface area contributed by atoms with Crippen LogP contribution in [0.2, 0.25) is 0 Å². The maximum Gasteiger partial charge on any atom is 0.342 e. The van der Waals surface area contributed by atoms with Crippen molar-refractivity contribution in [2.24, 2.45) is 0 Å². The predicted molar refractivity (Wildman–Crippen MR) is 121 cm³/mol. The zero-order valence-corrected chi connectivity index (χ0v) is 20.9. The molecule has 1 aliphatic carbocycles. The van der Waals surface area contributed by atoms with E-state index in [1.807, 2.05) is 53.6 Å². The summed E-state index contributed by atoms with van der Waals surface area (Å²) in [7, 11) is -4.31. The molecule has 0 radical (unpaired) electrons. The molecular formula is C25H27Cl2N2O3P. The molecule has 1 atom stereocenters. The lowest BCUT2D eigenvalue weighted by Gasteiger charge is -2.28. The first-order valence-corrected chi connectivity index (χ1v) is 11.9. The Kier molecular flexibility index (Phi) is 8.81. The number of halogens is 2. The second-order valence-corrected chi connectivity index (χ2v) is 10.2. The van der Waals surface area contributed by atoms with Crippen molar-refractivity contribution in [1.82, 2.24) is 0 Å². The summed E-state index contributed by atoms with van der Waals surface area (Å²) in [4.78, 5) is 19.9. The lowest BCUT2D eigenvalue weighted by Crippen LogP contribution is -3.00. The standard InChI is InChI=1S/C25H25N2O3P.2ClH/c1-20-16-21(2)18-24(17-20)27-14-8-23(9-15-27)22-6-12-26(13-7-22)19-25(31(28,29)30)10-4-3-5-11-25;;/h3-10,12-18H,11,19H2,1-2H3;2*1H. The van der Waals surface area contributed by atoms with E-state index >= 15 is 0 Å². The third kappa shape index (κ3) is 6.00. The van der Waals surface area contributed by atoms with Crippen molar-refractivity contribution in [3.8, 4) is 16.8 Å². The van der Waals surface area contributed by atoms with Gasteiger partial charge < -0.3 is 34.6 Å². The lowest BCUT2D eigenvalue weighted by atomic mass is 9.99. The van der Waals surface area contributed by atoms with Crippen molar-refractivity contribution in [3.05, 3.63) is 103 Å². The van der Waals surface area contributed by atoms with Crippen LogP contribution in [0.3, 0.4) is 0 Å². The molecule has 0 fully saturated rings. The van der Waals surface area contributed by atoms with Crippen LogP contribution in [0.25, 0.3) is 16.8 Å². The van der Waals surface area contributed by atoms with Crippen LogP contribution in [-0.2, 0) is 11.1 Å². The van der Waals surface area contributed by atoms with E-state index < -0.39 is 12.8 Å². The first-order chi connectivity index (χ1) is 14.8. The van der Waals surface area contributed by atoms with Gasteiger partial charge in [-0.05, 0) is 42.5 Å². The van der Waals surface area contributed by atoms with Crippen LogP contribution in [0, 0.1) is 13.8 Å². The predicted octanol–water partition coefficient (Wildman–Crippen LogP) is -2.02.